The van der Waals surface area contributed by atoms with E-state index in [1.165, 1.54) is 19.3 Å². The maximum atomic E-state index is 11.3. The van der Waals surface area contributed by atoms with Crippen LogP contribution in [0.2, 0.25) is 0 Å². The predicted octanol–water partition coefficient (Wildman–Crippen LogP) is 1.66. The van der Waals surface area contributed by atoms with E-state index in [9.17, 15) is 9.90 Å². The molecule has 20 heavy (non-hydrogen) atoms. The average Bonchev–Trinajstić information content (AvgIpc) is 2.43. The van der Waals surface area contributed by atoms with Crippen molar-refractivity contribution in [2.24, 2.45) is 0 Å². The lowest BCUT2D eigenvalue weighted by Gasteiger charge is -2.26. The highest BCUT2D eigenvalue weighted by molar-refractivity contribution is 5.91. The van der Waals surface area contributed by atoms with Gasteiger partial charge in [0.1, 0.15) is 12.2 Å². The van der Waals surface area contributed by atoms with E-state index < -0.39 is 5.97 Å². The van der Waals surface area contributed by atoms with E-state index in [0.717, 1.165) is 19.6 Å². The zero-order chi connectivity index (χ0) is 14.5. The van der Waals surface area contributed by atoms with E-state index in [1.807, 2.05) is 0 Å². The van der Waals surface area contributed by atoms with Crippen LogP contribution in [0.1, 0.15) is 40.9 Å². The second kappa shape index (κ2) is 6.65. The normalized spacial score (nSPS) is 16.1. The van der Waals surface area contributed by atoms with Crippen LogP contribution in [0.3, 0.4) is 0 Å². The molecule has 1 N–H and O–H groups in total. The number of carbonyl (C=O) groups is 1. The Morgan fingerprint density at radius 1 is 1.25 bits per heavy atom. The highest BCUT2D eigenvalue weighted by atomic mass is 16.5. The summed E-state index contributed by atoms with van der Waals surface area (Å²) in [6, 6.07) is 0. The Bertz CT molecular complexity index is 485. The van der Waals surface area contributed by atoms with E-state index in [1.54, 1.807) is 13.8 Å². The van der Waals surface area contributed by atoms with Crippen LogP contribution in [0.15, 0.2) is 0 Å². The number of hydrogen-bond acceptors (Lipinski definition) is 5. The molecule has 2 heterocycles. The first-order chi connectivity index (χ1) is 9.59. The minimum atomic E-state index is -1.02. The SMILES string of the molecule is Cc1nnc(OCCN2CCCCC2)c(C(=O)O)c1C. The van der Waals surface area contributed by atoms with E-state index in [-0.39, 0.29) is 11.4 Å². The number of aryl methyl sites for hydroxylation is 1. The molecule has 1 saturated heterocycles. The summed E-state index contributed by atoms with van der Waals surface area (Å²) >= 11 is 0. The van der Waals surface area contributed by atoms with Crippen molar-refractivity contribution < 1.29 is 14.6 Å². The second-order valence-electron chi connectivity index (χ2n) is 5.15. The van der Waals surface area contributed by atoms with Crippen molar-refractivity contribution in [3.63, 3.8) is 0 Å². The molecule has 0 unspecified atom stereocenters. The maximum Gasteiger partial charge on any atom is 0.341 e. The Morgan fingerprint density at radius 2 is 1.95 bits per heavy atom. The van der Waals surface area contributed by atoms with Crippen LogP contribution in [0, 0.1) is 13.8 Å². The van der Waals surface area contributed by atoms with Crippen LogP contribution in [0.4, 0.5) is 0 Å². The minimum absolute atomic E-state index is 0.121. The third-order valence-corrected chi connectivity index (χ3v) is 3.73. The summed E-state index contributed by atoms with van der Waals surface area (Å²) in [7, 11) is 0. The van der Waals surface area contributed by atoms with Crippen LogP contribution in [0.25, 0.3) is 0 Å². The number of aromatic carboxylic acids is 1. The van der Waals surface area contributed by atoms with Crippen molar-refractivity contribution in [3.05, 3.63) is 16.8 Å². The van der Waals surface area contributed by atoms with Gasteiger partial charge in [-0.2, -0.15) is 5.10 Å². The van der Waals surface area contributed by atoms with Crippen molar-refractivity contribution >= 4 is 5.97 Å². The van der Waals surface area contributed by atoms with Gasteiger partial charge in [0.25, 0.3) is 0 Å². The number of ether oxygens (including phenoxy) is 1. The molecule has 0 bridgehead atoms. The van der Waals surface area contributed by atoms with Gasteiger partial charge in [-0.3, -0.25) is 4.90 Å². The molecule has 2 rings (SSSR count). The number of hydrogen-bond donors (Lipinski definition) is 1. The Balaban J connectivity index is 1.98. The lowest BCUT2D eigenvalue weighted by molar-refractivity contribution is 0.0688. The quantitative estimate of drug-likeness (QED) is 0.883. The lowest BCUT2D eigenvalue weighted by atomic mass is 10.1. The molecule has 1 fully saturated rings. The summed E-state index contributed by atoms with van der Waals surface area (Å²) in [5, 5.41) is 17.1. The molecule has 110 valence electrons. The van der Waals surface area contributed by atoms with Gasteiger partial charge in [0.15, 0.2) is 0 Å². The van der Waals surface area contributed by atoms with Gasteiger partial charge in [-0.1, -0.05) is 6.42 Å². The summed E-state index contributed by atoms with van der Waals surface area (Å²) in [5.41, 5.74) is 1.35. The molecule has 1 aromatic heterocycles. The summed E-state index contributed by atoms with van der Waals surface area (Å²) in [5.74, 6) is -0.897. The molecular formula is C14H21N3O3. The van der Waals surface area contributed by atoms with Crippen LogP contribution < -0.4 is 4.74 Å². The Morgan fingerprint density at radius 3 is 2.60 bits per heavy atom. The molecule has 0 aromatic carbocycles. The van der Waals surface area contributed by atoms with Crippen LogP contribution in [-0.4, -0.2) is 52.4 Å². The Labute approximate surface area is 118 Å². The smallest absolute Gasteiger partial charge is 0.341 e. The zero-order valence-corrected chi connectivity index (χ0v) is 12.1. The van der Waals surface area contributed by atoms with Crippen molar-refractivity contribution in [3.8, 4) is 5.88 Å². The number of aromatic nitrogens is 2. The highest BCUT2D eigenvalue weighted by Gasteiger charge is 2.19. The van der Waals surface area contributed by atoms with Crippen molar-refractivity contribution in [2.75, 3.05) is 26.2 Å². The van der Waals surface area contributed by atoms with E-state index in [4.69, 9.17) is 4.74 Å². The third kappa shape index (κ3) is 3.45. The number of nitrogens with zero attached hydrogens (tertiary/aromatic N) is 3. The Hall–Kier alpha value is -1.69. The van der Waals surface area contributed by atoms with Gasteiger partial charge in [0.2, 0.25) is 5.88 Å². The first-order valence-electron chi connectivity index (χ1n) is 7.02. The number of rotatable bonds is 5. The fourth-order valence-electron chi connectivity index (χ4n) is 2.39. The second-order valence-corrected chi connectivity index (χ2v) is 5.15. The van der Waals surface area contributed by atoms with Gasteiger partial charge in [-0.15, -0.1) is 5.10 Å². The van der Waals surface area contributed by atoms with Gasteiger partial charge in [-0.05, 0) is 45.3 Å². The van der Waals surface area contributed by atoms with E-state index >= 15 is 0 Å². The molecule has 6 heteroatoms. The fraction of sp³-hybridized carbons (Fsp3) is 0.643. The van der Waals surface area contributed by atoms with Crippen LogP contribution in [0.5, 0.6) is 5.88 Å². The van der Waals surface area contributed by atoms with Gasteiger partial charge < -0.3 is 9.84 Å². The van der Waals surface area contributed by atoms with Crippen molar-refractivity contribution in [2.45, 2.75) is 33.1 Å². The largest absolute Gasteiger partial charge is 0.477 e. The monoisotopic (exact) mass is 279 g/mol. The molecule has 0 spiro atoms. The van der Waals surface area contributed by atoms with Gasteiger partial charge in [0, 0.05) is 6.54 Å². The minimum Gasteiger partial charge on any atom is -0.477 e. The van der Waals surface area contributed by atoms with E-state index in [2.05, 4.69) is 15.1 Å². The molecular weight excluding hydrogens is 258 g/mol. The molecule has 0 radical (unpaired) electrons. The first kappa shape index (κ1) is 14.7. The van der Waals surface area contributed by atoms with Gasteiger partial charge in [0.05, 0.1) is 5.69 Å². The summed E-state index contributed by atoms with van der Waals surface area (Å²) < 4.78 is 5.54. The number of carboxylic acids is 1. The Kier molecular flexibility index (Phi) is 4.89. The molecule has 0 saturated carbocycles. The summed E-state index contributed by atoms with van der Waals surface area (Å²) in [6.45, 7) is 6.89. The van der Waals surface area contributed by atoms with Crippen LogP contribution in [-0.2, 0) is 0 Å². The van der Waals surface area contributed by atoms with Gasteiger partial charge >= 0.3 is 5.97 Å². The number of carboxylic acid groups (broad SMARTS) is 1. The molecule has 1 aliphatic heterocycles. The first-order valence-corrected chi connectivity index (χ1v) is 7.02. The molecule has 0 amide bonds. The zero-order valence-electron chi connectivity index (χ0n) is 12.1. The predicted molar refractivity (Wildman–Crippen MR) is 74.3 cm³/mol. The lowest BCUT2D eigenvalue weighted by Crippen LogP contribution is -2.33. The fourth-order valence-corrected chi connectivity index (χ4v) is 2.39. The van der Waals surface area contributed by atoms with Crippen molar-refractivity contribution in [1.82, 2.24) is 15.1 Å². The average molecular weight is 279 g/mol. The summed E-state index contributed by atoms with van der Waals surface area (Å²) in [4.78, 5) is 13.6. The topological polar surface area (TPSA) is 75.6 Å². The standard InChI is InChI=1S/C14H21N3O3/c1-10-11(2)15-16-13(12(10)14(18)19)20-9-8-17-6-4-3-5-7-17/h3-9H2,1-2H3,(H,18,19). The number of piperidine rings is 1. The number of likely N-dealkylation sites (tertiary alicyclic amines) is 1. The van der Waals surface area contributed by atoms with Crippen molar-refractivity contribution in [1.29, 1.82) is 0 Å². The van der Waals surface area contributed by atoms with Crippen LogP contribution >= 0.6 is 0 Å². The summed E-state index contributed by atoms with van der Waals surface area (Å²) in [6.07, 6.45) is 3.75. The molecule has 0 atom stereocenters. The maximum absolute atomic E-state index is 11.3. The highest BCUT2D eigenvalue weighted by Crippen LogP contribution is 2.20. The molecule has 6 nitrogen and oxygen atoms in total. The third-order valence-electron chi connectivity index (χ3n) is 3.73. The molecule has 0 aliphatic carbocycles. The molecule has 1 aromatic rings. The van der Waals surface area contributed by atoms with Gasteiger partial charge in [-0.25, -0.2) is 4.79 Å². The van der Waals surface area contributed by atoms with E-state index in [0.29, 0.717) is 17.9 Å². The molecule has 1 aliphatic rings.